The third-order valence-electron chi connectivity index (χ3n) is 3.72. The molecule has 3 nitrogen and oxygen atoms in total. The summed E-state index contributed by atoms with van der Waals surface area (Å²) in [6, 6.07) is 14.3. The first-order valence-electron chi connectivity index (χ1n) is 7.00. The van der Waals surface area contributed by atoms with Crippen molar-refractivity contribution in [2.24, 2.45) is 0 Å². The summed E-state index contributed by atoms with van der Waals surface area (Å²) in [6.07, 6.45) is 2.41. The molecular weight excluding hydrogens is 246 g/mol. The predicted octanol–water partition coefficient (Wildman–Crippen LogP) is 3.53. The van der Waals surface area contributed by atoms with Gasteiger partial charge in [-0.25, -0.2) is 4.98 Å². The zero-order valence-electron chi connectivity index (χ0n) is 11.6. The smallest absolute Gasteiger partial charge is 0.130 e. The number of anilines is 1. The van der Waals surface area contributed by atoms with Gasteiger partial charge in [-0.2, -0.15) is 5.26 Å². The van der Waals surface area contributed by atoms with Gasteiger partial charge in [-0.3, -0.25) is 0 Å². The molecule has 3 rings (SSSR count). The van der Waals surface area contributed by atoms with Crippen LogP contribution in [0.5, 0.6) is 0 Å². The highest BCUT2D eigenvalue weighted by Crippen LogP contribution is 2.25. The Morgan fingerprint density at radius 3 is 2.45 bits per heavy atom. The summed E-state index contributed by atoms with van der Waals surface area (Å²) in [6.45, 7) is 4.14. The molecule has 1 aliphatic rings. The van der Waals surface area contributed by atoms with Crippen LogP contribution in [0.25, 0.3) is 11.3 Å². The highest BCUT2D eigenvalue weighted by Gasteiger charge is 2.15. The highest BCUT2D eigenvalue weighted by atomic mass is 15.2. The second-order valence-electron chi connectivity index (χ2n) is 5.27. The maximum Gasteiger partial charge on any atom is 0.130 e. The van der Waals surface area contributed by atoms with Crippen LogP contribution in [0.3, 0.4) is 0 Å². The second kappa shape index (κ2) is 5.34. The molecule has 1 fully saturated rings. The molecule has 0 unspecified atom stereocenters. The van der Waals surface area contributed by atoms with Gasteiger partial charge in [0.2, 0.25) is 0 Å². The van der Waals surface area contributed by atoms with E-state index in [0.29, 0.717) is 5.56 Å². The monoisotopic (exact) mass is 263 g/mol. The van der Waals surface area contributed by atoms with E-state index in [1.807, 2.05) is 12.1 Å². The zero-order chi connectivity index (χ0) is 13.9. The van der Waals surface area contributed by atoms with E-state index in [1.54, 1.807) is 0 Å². The predicted molar refractivity (Wildman–Crippen MR) is 80.6 cm³/mol. The van der Waals surface area contributed by atoms with Crippen LogP contribution >= 0.6 is 0 Å². The first-order chi connectivity index (χ1) is 9.76. The number of benzene rings is 1. The Morgan fingerprint density at radius 2 is 1.80 bits per heavy atom. The van der Waals surface area contributed by atoms with Gasteiger partial charge < -0.3 is 4.90 Å². The number of aryl methyl sites for hydroxylation is 1. The van der Waals surface area contributed by atoms with Crippen molar-refractivity contribution in [2.45, 2.75) is 19.8 Å². The molecule has 2 aromatic rings. The van der Waals surface area contributed by atoms with Crippen LogP contribution in [0.2, 0.25) is 0 Å². The molecule has 0 bridgehead atoms. The van der Waals surface area contributed by atoms with Gasteiger partial charge in [-0.1, -0.05) is 29.8 Å². The third-order valence-corrected chi connectivity index (χ3v) is 3.72. The first kappa shape index (κ1) is 12.7. The quantitative estimate of drug-likeness (QED) is 0.832. The highest BCUT2D eigenvalue weighted by molar-refractivity contribution is 5.64. The summed E-state index contributed by atoms with van der Waals surface area (Å²) in [4.78, 5) is 7.00. The van der Waals surface area contributed by atoms with Crippen molar-refractivity contribution in [2.75, 3.05) is 18.0 Å². The molecule has 0 radical (unpaired) electrons. The van der Waals surface area contributed by atoms with E-state index >= 15 is 0 Å². The van der Waals surface area contributed by atoms with Gasteiger partial charge >= 0.3 is 0 Å². The van der Waals surface area contributed by atoms with Crippen molar-refractivity contribution in [1.29, 1.82) is 5.26 Å². The minimum Gasteiger partial charge on any atom is -0.357 e. The Kier molecular flexibility index (Phi) is 3.39. The number of nitrogens with zero attached hydrogens (tertiary/aromatic N) is 3. The standard InChI is InChI=1S/C17H17N3/c1-13-4-6-15(7-5-13)16-10-14(12-18)11-17(19-16)20-8-2-3-9-20/h4-7,10-11H,2-3,8-9H2,1H3. The van der Waals surface area contributed by atoms with Crippen LogP contribution in [0.15, 0.2) is 36.4 Å². The van der Waals surface area contributed by atoms with Gasteiger partial charge in [0.15, 0.2) is 0 Å². The van der Waals surface area contributed by atoms with Crippen molar-refractivity contribution in [3.8, 4) is 17.3 Å². The van der Waals surface area contributed by atoms with E-state index in [0.717, 1.165) is 30.2 Å². The minimum absolute atomic E-state index is 0.678. The van der Waals surface area contributed by atoms with Gasteiger partial charge in [0, 0.05) is 18.7 Å². The van der Waals surface area contributed by atoms with Crippen molar-refractivity contribution >= 4 is 5.82 Å². The fourth-order valence-corrected chi connectivity index (χ4v) is 2.56. The molecule has 20 heavy (non-hydrogen) atoms. The van der Waals surface area contributed by atoms with Gasteiger partial charge in [0.05, 0.1) is 17.3 Å². The SMILES string of the molecule is Cc1ccc(-c2cc(C#N)cc(N3CCCC3)n2)cc1. The number of nitriles is 1. The van der Waals surface area contributed by atoms with E-state index in [9.17, 15) is 5.26 Å². The van der Waals surface area contributed by atoms with Crippen LogP contribution in [0.4, 0.5) is 5.82 Å². The summed E-state index contributed by atoms with van der Waals surface area (Å²) in [5, 5.41) is 9.22. The van der Waals surface area contributed by atoms with Crippen molar-refractivity contribution < 1.29 is 0 Å². The molecule has 1 aliphatic heterocycles. The largest absolute Gasteiger partial charge is 0.357 e. The topological polar surface area (TPSA) is 39.9 Å². The number of hydrogen-bond donors (Lipinski definition) is 0. The number of aromatic nitrogens is 1. The lowest BCUT2D eigenvalue weighted by molar-refractivity contribution is 0.938. The van der Waals surface area contributed by atoms with Crippen LogP contribution in [0.1, 0.15) is 24.0 Å². The molecule has 0 atom stereocenters. The zero-order valence-corrected chi connectivity index (χ0v) is 11.6. The molecular formula is C17H17N3. The maximum absolute atomic E-state index is 9.22. The van der Waals surface area contributed by atoms with E-state index in [-0.39, 0.29) is 0 Å². The van der Waals surface area contributed by atoms with Gasteiger partial charge in [0.1, 0.15) is 5.82 Å². The molecule has 0 spiro atoms. The third kappa shape index (κ3) is 2.50. The lowest BCUT2D eigenvalue weighted by atomic mass is 10.1. The van der Waals surface area contributed by atoms with E-state index in [4.69, 9.17) is 4.98 Å². The molecule has 0 amide bonds. The lowest BCUT2D eigenvalue weighted by Crippen LogP contribution is -2.19. The molecule has 3 heteroatoms. The summed E-state index contributed by atoms with van der Waals surface area (Å²) in [5.74, 6) is 0.928. The number of rotatable bonds is 2. The summed E-state index contributed by atoms with van der Waals surface area (Å²) < 4.78 is 0. The average molecular weight is 263 g/mol. The summed E-state index contributed by atoms with van der Waals surface area (Å²) in [7, 11) is 0. The Hall–Kier alpha value is -2.34. The van der Waals surface area contributed by atoms with Gasteiger partial charge in [0.25, 0.3) is 0 Å². The molecule has 0 saturated carbocycles. The van der Waals surface area contributed by atoms with E-state index < -0.39 is 0 Å². The molecule has 1 saturated heterocycles. The second-order valence-corrected chi connectivity index (χ2v) is 5.27. The molecule has 0 aliphatic carbocycles. The van der Waals surface area contributed by atoms with E-state index in [2.05, 4.69) is 42.2 Å². The van der Waals surface area contributed by atoms with Crippen molar-refractivity contribution in [3.63, 3.8) is 0 Å². The minimum atomic E-state index is 0.678. The molecule has 1 aromatic heterocycles. The molecule has 100 valence electrons. The fraction of sp³-hybridized carbons (Fsp3) is 0.294. The van der Waals surface area contributed by atoms with Crippen LogP contribution in [-0.2, 0) is 0 Å². The van der Waals surface area contributed by atoms with Crippen molar-refractivity contribution in [1.82, 2.24) is 4.98 Å². The Balaban J connectivity index is 2.04. The van der Waals surface area contributed by atoms with E-state index in [1.165, 1.54) is 18.4 Å². The fourth-order valence-electron chi connectivity index (χ4n) is 2.56. The normalized spacial score (nSPS) is 14.3. The Morgan fingerprint density at radius 1 is 1.10 bits per heavy atom. The van der Waals surface area contributed by atoms with Crippen LogP contribution < -0.4 is 4.90 Å². The molecule has 1 aromatic carbocycles. The lowest BCUT2D eigenvalue weighted by Gasteiger charge is -2.17. The first-order valence-corrected chi connectivity index (χ1v) is 7.00. The van der Waals surface area contributed by atoms with Crippen LogP contribution in [0, 0.1) is 18.3 Å². The maximum atomic E-state index is 9.22. The average Bonchev–Trinajstić information content (AvgIpc) is 3.02. The molecule has 0 N–H and O–H groups in total. The summed E-state index contributed by atoms with van der Waals surface area (Å²) >= 11 is 0. The Labute approximate surface area is 119 Å². The van der Waals surface area contributed by atoms with Crippen LogP contribution in [-0.4, -0.2) is 18.1 Å². The Bertz CT molecular complexity index is 647. The number of pyridine rings is 1. The summed E-state index contributed by atoms with van der Waals surface area (Å²) in [5.41, 5.74) is 3.85. The molecule has 2 heterocycles. The van der Waals surface area contributed by atoms with Crippen molar-refractivity contribution in [3.05, 3.63) is 47.5 Å². The number of hydrogen-bond acceptors (Lipinski definition) is 3. The van der Waals surface area contributed by atoms with Gasteiger partial charge in [-0.05, 0) is 31.9 Å². The van der Waals surface area contributed by atoms with Gasteiger partial charge in [-0.15, -0.1) is 0 Å².